The Balaban J connectivity index is 1.59. The van der Waals surface area contributed by atoms with Crippen LogP contribution in [0.1, 0.15) is 58.2 Å². The first kappa shape index (κ1) is 29.4. The second-order valence-corrected chi connectivity index (χ2v) is 11.3. The van der Waals surface area contributed by atoms with Gasteiger partial charge < -0.3 is 20.6 Å². The van der Waals surface area contributed by atoms with Crippen molar-refractivity contribution in [1.82, 2.24) is 20.5 Å². The highest BCUT2D eigenvalue weighted by molar-refractivity contribution is 7.13. The van der Waals surface area contributed by atoms with Gasteiger partial charge in [-0.2, -0.15) is 0 Å². The van der Waals surface area contributed by atoms with Gasteiger partial charge in [0.15, 0.2) is 5.78 Å². The summed E-state index contributed by atoms with van der Waals surface area (Å²) in [6, 6.07) is 5.63. The second kappa shape index (κ2) is 13.1. The van der Waals surface area contributed by atoms with E-state index >= 15 is 0 Å². The first-order valence-corrected chi connectivity index (χ1v) is 13.9. The summed E-state index contributed by atoms with van der Waals surface area (Å²) in [4.78, 5) is 57.5. The Labute approximate surface area is 228 Å². The first-order valence-electron chi connectivity index (χ1n) is 13.0. The average molecular weight is 543 g/mol. The minimum atomic E-state index is -0.908. The molecule has 0 radical (unpaired) electrons. The minimum absolute atomic E-state index is 0.0411. The smallest absolute Gasteiger partial charge is 0.245 e. The summed E-state index contributed by atoms with van der Waals surface area (Å²) in [5, 5.41) is 15.6. The highest BCUT2D eigenvalue weighted by atomic mass is 32.1. The van der Waals surface area contributed by atoms with Crippen LogP contribution in [0.4, 0.5) is 0 Å². The first-order chi connectivity index (χ1) is 18.0. The third-order valence-electron chi connectivity index (χ3n) is 6.69. The SMILES string of the molecule is CC(=O)N[C@@H](CC(C)C)C(=O)N[C@@H](C)C(=O)N1C[C@H](O)C[C@H]1C(=O)CCc1ccc(-c2scnc2C)cc1. The lowest BCUT2D eigenvalue weighted by Crippen LogP contribution is -2.55. The lowest BCUT2D eigenvalue weighted by atomic mass is 10.00. The fourth-order valence-electron chi connectivity index (χ4n) is 4.77. The summed E-state index contributed by atoms with van der Waals surface area (Å²) >= 11 is 1.59. The summed E-state index contributed by atoms with van der Waals surface area (Å²) < 4.78 is 0. The van der Waals surface area contributed by atoms with Gasteiger partial charge in [0.05, 0.1) is 28.2 Å². The molecular weight excluding hydrogens is 504 g/mol. The lowest BCUT2D eigenvalue weighted by Gasteiger charge is -2.28. The van der Waals surface area contributed by atoms with Crippen molar-refractivity contribution in [2.75, 3.05) is 6.54 Å². The van der Waals surface area contributed by atoms with Gasteiger partial charge in [-0.3, -0.25) is 19.2 Å². The summed E-state index contributed by atoms with van der Waals surface area (Å²) in [7, 11) is 0. The van der Waals surface area contributed by atoms with Crippen LogP contribution < -0.4 is 10.6 Å². The summed E-state index contributed by atoms with van der Waals surface area (Å²) in [6.45, 7) is 8.79. The molecule has 0 unspecified atom stereocenters. The number of amides is 3. The molecule has 2 heterocycles. The molecule has 10 heteroatoms. The molecule has 1 aromatic carbocycles. The van der Waals surface area contributed by atoms with Crippen molar-refractivity contribution in [2.45, 2.75) is 84.5 Å². The normalized spacial score (nSPS) is 18.8. The van der Waals surface area contributed by atoms with Gasteiger partial charge in [0.1, 0.15) is 12.1 Å². The third kappa shape index (κ3) is 7.70. The Hall–Kier alpha value is -3.11. The predicted molar refractivity (Wildman–Crippen MR) is 146 cm³/mol. The van der Waals surface area contributed by atoms with Crippen molar-refractivity contribution < 1.29 is 24.3 Å². The fraction of sp³-hybridized carbons (Fsp3) is 0.536. The number of aliphatic hydroxyl groups excluding tert-OH is 1. The Morgan fingerprint density at radius 2 is 1.82 bits per heavy atom. The largest absolute Gasteiger partial charge is 0.391 e. The number of β-amino-alcohol motifs (C(OH)–C–C–N with tert-alkyl or cyclic N) is 1. The molecule has 4 atom stereocenters. The van der Waals surface area contributed by atoms with Crippen LogP contribution in [-0.4, -0.2) is 69.3 Å². The topological polar surface area (TPSA) is 129 Å². The van der Waals surface area contributed by atoms with E-state index in [1.807, 2.05) is 50.5 Å². The molecular formula is C28H38N4O5S. The number of aromatic nitrogens is 1. The molecule has 0 spiro atoms. The van der Waals surface area contributed by atoms with E-state index in [9.17, 15) is 24.3 Å². The molecule has 2 aromatic rings. The van der Waals surface area contributed by atoms with Crippen molar-refractivity contribution in [1.29, 1.82) is 0 Å². The van der Waals surface area contributed by atoms with Crippen molar-refractivity contribution >= 4 is 34.8 Å². The molecule has 3 amide bonds. The Morgan fingerprint density at radius 1 is 1.13 bits per heavy atom. The second-order valence-electron chi connectivity index (χ2n) is 10.4. The zero-order valence-electron chi connectivity index (χ0n) is 22.7. The van der Waals surface area contributed by atoms with E-state index in [0.29, 0.717) is 12.8 Å². The van der Waals surface area contributed by atoms with Crippen molar-refractivity contribution in [3.63, 3.8) is 0 Å². The van der Waals surface area contributed by atoms with Gasteiger partial charge in [0.2, 0.25) is 17.7 Å². The van der Waals surface area contributed by atoms with Crippen LogP contribution in [0, 0.1) is 12.8 Å². The Morgan fingerprint density at radius 3 is 2.39 bits per heavy atom. The lowest BCUT2D eigenvalue weighted by molar-refractivity contribution is -0.141. The van der Waals surface area contributed by atoms with Crippen LogP contribution in [0.3, 0.4) is 0 Å². The van der Waals surface area contributed by atoms with Crippen LogP contribution in [0.2, 0.25) is 0 Å². The van der Waals surface area contributed by atoms with E-state index in [4.69, 9.17) is 0 Å². The molecule has 1 aliphatic heterocycles. The molecule has 0 saturated carbocycles. The summed E-state index contributed by atoms with van der Waals surface area (Å²) in [6.07, 6.45) is 0.567. The number of benzene rings is 1. The van der Waals surface area contributed by atoms with Crippen LogP contribution >= 0.6 is 11.3 Å². The van der Waals surface area contributed by atoms with Crippen LogP contribution in [0.15, 0.2) is 29.8 Å². The molecule has 1 saturated heterocycles. The van der Waals surface area contributed by atoms with Gasteiger partial charge in [-0.05, 0) is 43.7 Å². The van der Waals surface area contributed by atoms with E-state index in [-0.39, 0.29) is 37.0 Å². The number of carbonyl (C=O) groups excluding carboxylic acids is 4. The van der Waals surface area contributed by atoms with Gasteiger partial charge in [-0.25, -0.2) is 4.98 Å². The summed E-state index contributed by atoms with van der Waals surface area (Å²) in [5.41, 5.74) is 4.90. The highest BCUT2D eigenvalue weighted by Gasteiger charge is 2.40. The monoisotopic (exact) mass is 542 g/mol. The van der Waals surface area contributed by atoms with Gasteiger partial charge in [-0.15, -0.1) is 11.3 Å². The van der Waals surface area contributed by atoms with E-state index in [1.54, 1.807) is 18.3 Å². The number of aliphatic hydroxyl groups is 1. The molecule has 1 aromatic heterocycles. The van der Waals surface area contributed by atoms with Crippen molar-refractivity contribution in [2.24, 2.45) is 5.92 Å². The highest BCUT2D eigenvalue weighted by Crippen LogP contribution is 2.28. The van der Waals surface area contributed by atoms with Gasteiger partial charge in [0, 0.05) is 26.3 Å². The minimum Gasteiger partial charge on any atom is -0.391 e. The third-order valence-corrected chi connectivity index (χ3v) is 7.66. The molecule has 3 N–H and O–H groups in total. The van der Waals surface area contributed by atoms with E-state index in [2.05, 4.69) is 15.6 Å². The Bertz CT molecular complexity index is 1150. The van der Waals surface area contributed by atoms with Gasteiger partial charge in [-0.1, -0.05) is 38.1 Å². The quantitative estimate of drug-likeness (QED) is 0.400. The molecule has 1 aliphatic rings. The number of nitrogens with one attached hydrogen (secondary N) is 2. The molecule has 3 rings (SSSR count). The van der Waals surface area contributed by atoms with Crippen LogP contribution in [-0.2, 0) is 25.6 Å². The molecule has 0 aliphatic carbocycles. The van der Waals surface area contributed by atoms with Gasteiger partial charge >= 0.3 is 0 Å². The number of hydrogen-bond acceptors (Lipinski definition) is 7. The zero-order chi connectivity index (χ0) is 28.0. The maximum absolute atomic E-state index is 13.2. The molecule has 38 heavy (non-hydrogen) atoms. The maximum Gasteiger partial charge on any atom is 0.245 e. The molecule has 0 bridgehead atoms. The molecule has 206 valence electrons. The number of aryl methyl sites for hydroxylation is 2. The average Bonchev–Trinajstić information content (AvgIpc) is 3.46. The number of likely N-dealkylation sites (tertiary alicyclic amines) is 1. The van der Waals surface area contributed by atoms with E-state index in [1.165, 1.54) is 11.8 Å². The molecule has 1 fully saturated rings. The maximum atomic E-state index is 13.2. The number of rotatable bonds is 11. The summed E-state index contributed by atoms with van der Waals surface area (Å²) in [5.74, 6) is -1.16. The number of nitrogens with zero attached hydrogens (tertiary/aromatic N) is 2. The number of thiazole rings is 1. The standard InChI is InChI=1S/C28H38N4O5S/c1-16(2)12-23(31-19(5)33)27(36)30-18(4)28(37)32-14-22(34)13-24(32)25(35)11-8-20-6-9-21(10-7-20)26-17(3)29-15-38-26/h6-7,9-10,15-16,18,22-24,34H,8,11-14H2,1-5H3,(H,30,36)(H,31,33)/t18-,22+,23-,24-/m0/s1. The molecule has 9 nitrogen and oxygen atoms in total. The zero-order valence-corrected chi connectivity index (χ0v) is 23.5. The number of carbonyl (C=O) groups is 4. The Kier molecular flexibility index (Phi) is 10.2. The van der Waals surface area contributed by atoms with E-state index < -0.39 is 36.0 Å². The fourth-order valence-corrected chi connectivity index (χ4v) is 5.58. The van der Waals surface area contributed by atoms with Crippen molar-refractivity contribution in [3.8, 4) is 10.4 Å². The van der Waals surface area contributed by atoms with E-state index in [0.717, 1.165) is 21.7 Å². The van der Waals surface area contributed by atoms with Gasteiger partial charge in [0.25, 0.3) is 0 Å². The van der Waals surface area contributed by atoms with Crippen LogP contribution in [0.5, 0.6) is 0 Å². The van der Waals surface area contributed by atoms with Crippen LogP contribution in [0.25, 0.3) is 10.4 Å². The number of Topliss-reactive ketones (excluding diaryl/α,β-unsaturated/α-hetero) is 1. The number of hydrogen-bond donors (Lipinski definition) is 3. The van der Waals surface area contributed by atoms with Crippen molar-refractivity contribution in [3.05, 3.63) is 41.0 Å². The predicted octanol–water partition coefficient (Wildman–Crippen LogP) is 2.64. The number of ketones is 1.